The summed E-state index contributed by atoms with van der Waals surface area (Å²) in [7, 11) is 0. The van der Waals surface area contributed by atoms with E-state index in [0.717, 1.165) is 46.5 Å². The third kappa shape index (κ3) is 3.82. The summed E-state index contributed by atoms with van der Waals surface area (Å²) in [6, 6.07) is 22.3. The lowest BCUT2D eigenvalue weighted by Gasteiger charge is -2.36. The molecule has 1 aliphatic rings. The second kappa shape index (κ2) is 8.42. The standard InChI is InChI=1S/C27H26N4O/c1-19-16-20(2)26-22(17-19)23(18-25(29-26)24-10-6-7-11-28-24)27(32)31-14-12-30(13-15-31)21-8-4-3-5-9-21/h3-11,16-18H,12-15H2,1-2H3. The van der Waals surface area contributed by atoms with Crippen molar-refractivity contribution in [3.8, 4) is 11.4 Å². The van der Waals surface area contributed by atoms with Gasteiger partial charge in [-0.05, 0) is 55.8 Å². The first-order valence-corrected chi connectivity index (χ1v) is 11.0. The van der Waals surface area contributed by atoms with Crippen LogP contribution in [0.25, 0.3) is 22.3 Å². The van der Waals surface area contributed by atoms with Gasteiger partial charge in [-0.15, -0.1) is 0 Å². The van der Waals surface area contributed by atoms with Crippen LogP contribution in [0.5, 0.6) is 0 Å². The van der Waals surface area contributed by atoms with Gasteiger partial charge < -0.3 is 9.80 Å². The molecule has 0 N–H and O–H groups in total. The highest BCUT2D eigenvalue weighted by molar-refractivity contribution is 6.08. The van der Waals surface area contributed by atoms with E-state index in [-0.39, 0.29) is 5.91 Å². The number of aryl methyl sites for hydroxylation is 2. The first kappa shape index (κ1) is 20.2. The fourth-order valence-corrected chi connectivity index (χ4v) is 4.48. The Hall–Kier alpha value is -3.73. The highest BCUT2D eigenvalue weighted by Crippen LogP contribution is 2.28. The van der Waals surface area contributed by atoms with Crippen LogP contribution in [0.4, 0.5) is 5.69 Å². The zero-order chi connectivity index (χ0) is 22.1. The van der Waals surface area contributed by atoms with Crippen LogP contribution in [0.15, 0.2) is 72.9 Å². The molecule has 5 heteroatoms. The number of hydrogen-bond donors (Lipinski definition) is 0. The summed E-state index contributed by atoms with van der Waals surface area (Å²) in [6.45, 7) is 7.15. The number of fused-ring (bicyclic) bond motifs is 1. The summed E-state index contributed by atoms with van der Waals surface area (Å²) in [4.78, 5) is 27.4. The van der Waals surface area contributed by atoms with Gasteiger partial charge in [-0.25, -0.2) is 4.98 Å². The molecule has 0 aliphatic carbocycles. The molecule has 160 valence electrons. The Bertz CT molecular complexity index is 1260. The van der Waals surface area contributed by atoms with Crippen molar-refractivity contribution in [1.82, 2.24) is 14.9 Å². The summed E-state index contributed by atoms with van der Waals surface area (Å²) in [5.41, 5.74) is 6.48. The highest BCUT2D eigenvalue weighted by Gasteiger charge is 2.25. The van der Waals surface area contributed by atoms with Crippen molar-refractivity contribution in [1.29, 1.82) is 0 Å². The summed E-state index contributed by atoms with van der Waals surface area (Å²) < 4.78 is 0. The zero-order valence-electron chi connectivity index (χ0n) is 18.5. The largest absolute Gasteiger partial charge is 0.368 e. The van der Waals surface area contributed by atoms with E-state index < -0.39 is 0 Å². The van der Waals surface area contributed by atoms with Crippen LogP contribution < -0.4 is 4.90 Å². The van der Waals surface area contributed by atoms with Crippen molar-refractivity contribution >= 4 is 22.5 Å². The SMILES string of the molecule is Cc1cc(C)c2nc(-c3ccccn3)cc(C(=O)N3CCN(c4ccccc4)CC3)c2c1. The molecule has 0 atom stereocenters. The number of para-hydroxylation sites is 1. The lowest BCUT2D eigenvalue weighted by atomic mass is 9.99. The van der Waals surface area contributed by atoms with Gasteiger partial charge in [0, 0.05) is 43.4 Å². The monoisotopic (exact) mass is 422 g/mol. The fraction of sp³-hybridized carbons (Fsp3) is 0.222. The molecule has 4 aromatic rings. The second-order valence-corrected chi connectivity index (χ2v) is 8.36. The first-order chi connectivity index (χ1) is 15.6. The Morgan fingerprint density at radius 2 is 1.59 bits per heavy atom. The number of amides is 1. The van der Waals surface area contributed by atoms with E-state index in [0.29, 0.717) is 18.7 Å². The predicted octanol–water partition coefficient (Wildman–Crippen LogP) is 4.88. The van der Waals surface area contributed by atoms with Crippen molar-refractivity contribution in [2.45, 2.75) is 13.8 Å². The smallest absolute Gasteiger partial charge is 0.254 e. The zero-order valence-corrected chi connectivity index (χ0v) is 18.5. The van der Waals surface area contributed by atoms with E-state index in [1.54, 1.807) is 6.20 Å². The molecule has 2 aromatic carbocycles. The maximum absolute atomic E-state index is 13.7. The minimum atomic E-state index is 0.0623. The molecule has 0 radical (unpaired) electrons. The summed E-state index contributed by atoms with van der Waals surface area (Å²) in [5, 5.41) is 0.915. The Morgan fingerprint density at radius 3 is 2.31 bits per heavy atom. The van der Waals surface area contributed by atoms with Crippen LogP contribution >= 0.6 is 0 Å². The number of carbonyl (C=O) groups is 1. The maximum atomic E-state index is 13.7. The molecule has 1 amide bonds. The average molecular weight is 423 g/mol. The quantitative estimate of drug-likeness (QED) is 0.472. The third-order valence-corrected chi connectivity index (χ3v) is 6.09. The number of hydrogen-bond acceptors (Lipinski definition) is 4. The summed E-state index contributed by atoms with van der Waals surface area (Å²) in [5.74, 6) is 0.0623. The molecule has 32 heavy (non-hydrogen) atoms. The molecule has 1 fully saturated rings. The molecule has 1 saturated heterocycles. The first-order valence-electron chi connectivity index (χ1n) is 11.0. The number of aromatic nitrogens is 2. The summed E-state index contributed by atoms with van der Waals surface area (Å²) >= 11 is 0. The van der Waals surface area contributed by atoms with Crippen LogP contribution in [0.2, 0.25) is 0 Å². The van der Waals surface area contributed by atoms with Gasteiger partial charge in [-0.1, -0.05) is 35.9 Å². The van der Waals surface area contributed by atoms with Crippen LogP contribution in [-0.2, 0) is 0 Å². The molecule has 5 rings (SSSR count). The summed E-state index contributed by atoms with van der Waals surface area (Å²) in [6.07, 6.45) is 1.76. The Balaban J connectivity index is 1.51. The van der Waals surface area contributed by atoms with Crippen LogP contribution in [0.3, 0.4) is 0 Å². The number of anilines is 1. The molecule has 0 spiro atoms. The Labute approximate surface area is 188 Å². The molecule has 0 unspecified atom stereocenters. The Morgan fingerprint density at radius 1 is 0.844 bits per heavy atom. The molecular weight excluding hydrogens is 396 g/mol. The number of carbonyl (C=O) groups excluding carboxylic acids is 1. The Kier molecular flexibility index (Phi) is 5.31. The molecule has 3 heterocycles. The number of pyridine rings is 2. The van der Waals surface area contributed by atoms with E-state index in [4.69, 9.17) is 4.98 Å². The molecule has 5 nitrogen and oxygen atoms in total. The number of rotatable bonds is 3. The van der Waals surface area contributed by atoms with Gasteiger partial charge in [0.05, 0.1) is 22.5 Å². The number of benzene rings is 2. The van der Waals surface area contributed by atoms with Gasteiger partial charge in [-0.3, -0.25) is 9.78 Å². The van der Waals surface area contributed by atoms with Crippen molar-refractivity contribution < 1.29 is 4.79 Å². The topological polar surface area (TPSA) is 49.3 Å². The van der Waals surface area contributed by atoms with E-state index >= 15 is 0 Å². The van der Waals surface area contributed by atoms with Crippen molar-refractivity contribution in [2.24, 2.45) is 0 Å². The number of nitrogens with zero attached hydrogens (tertiary/aromatic N) is 4. The van der Waals surface area contributed by atoms with Gasteiger partial charge in [0.2, 0.25) is 0 Å². The second-order valence-electron chi connectivity index (χ2n) is 8.36. The molecular formula is C27H26N4O. The lowest BCUT2D eigenvalue weighted by Crippen LogP contribution is -2.48. The van der Waals surface area contributed by atoms with Crippen molar-refractivity contribution in [3.63, 3.8) is 0 Å². The normalized spacial score (nSPS) is 14.1. The minimum Gasteiger partial charge on any atom is -0.368 e. The molecule has 1 aliphatic heterocycles. The average Bonchev–Trinajstić information content (AvgIpc) is 2.84. The van der Waals surface area contributed by atoms with Gasteiger partial charge in [0.15, 0.2) is 0 Å². The van der Waals surface area contributed by atoms with E-state index in [9.17, 15) is 4.79 Å². The third-order valence-electron chi connectivity index (χ3n) is 6.09. The fourth-order valence-electron chi connectivity index (χ4n) is 4.48. The molecule has 2 aromatic heterocycles. The van der Waals surface area contributed by atoms with E-state index in [1.807, 2.05) is 35.2 Å². The predicted molar refractivity (Wildman–Crippen MR) is 129 cm³/mol. The van der Waals surface area contributed by atoms with E-state index in [1.165, 1.54) is 5.69 Å². The highest BCUT2D eigenvalue weighted by atomic mass is 16.2. The van der Waals surface area contributed by atoms with Gasteiger partial charge in [-0.2, -0.15) is 0 Å². The lowest BCUT2D eigenvalue weighted by molar-refractivity contribution is 0.0748. The molecule has 0 bridgehead atoms. The van der Waals surface area contributed by atoms with Crippen LogP contribution in [0, 0.1) is 13.8 Å². The van der Waals surface area contributed by atoms with E-state index in [2.05, 4.69) is 60.1 Å². The minimum absolute atomic E-state index is 0.0623. The van der Waals surface area contributed by atoms with Crippen LogP contribution in [-0.4, -0.2) is 47.0 Å². The van der Waals surface area contributed by atoms with Gasteiger partial charge in [0.25, 0.3) is 5.91 Å². The van der Waals surface area contributed by atoms with Crippen LogP contribution in [0.1, 0.15) is 21.5 Å². The number of piperazine rings is 1. The molecule has 0 saturated carbocycles. The van der Waals surface area contributed by atoms with Gasteiger partial charge in [0.1, 0.15) is 0 Å². The van der Waals surface area contributed by atoms with Crippen molar-refractivity contribution in [2.75, 3.05) is 31.1 Å². The van der Waals surface area contributed by atoms with Gasteiger partial charge >= 0.3 is 0 Å². The van der Waals surface area contributed by atoms with Crippen molar-refractivity contribution in [3.05, 3.63) is 89.6 Å². The maximum Gasteiger partial charge on any atom is 0.254 e.